The molecule has 0 heterocycles. The number of carbonyl (C=O) groups excluding carboxylic acids is 1. The van der Waals surface area contributed by atoms with Gasteiger partial charge in [-0.05, 0) is 83.3 Å². The molecule has 0 aromatic heterocycles. The minimum Gasteiger partial charge on any atom is -0.466 e. The monoisotopic (exact) mass is 544 g/mol. The first kappa shape index (κ1) is 31.7. The topological polar surface area (TPSA) is 107 Å². The molecular weight excluding hydrogens is 500 g/mol. The average Bonchev–Trinajstić information content (AvgIpc) is 2.91. The number of methoxy groups -OCH3 is 2. The van der Waals surface area contributed by atoms with E-state index in [9.17, 15) is 13.2 Å². The molecule has 0 unspecified atom stereocenters. The van der Waals surface area contributed by atoms with Crippen LogP contribution in [0.5, 0.6) is 0 Å². The van der Waals surface area contributed by atoms with Gasteiger partial charge in [0.25, 0.3) is 10.1 Å². The molecule has 10 heteroatoms. The third-order valence-electron chi connectivity index (χ3n) is 6.70. The molecule has 0 radical (unpaired) electrons. The summed E-state index contributed by atoms with van der Waals surface area (Å²) in [6.45, 7) is 5.13. The van der Waals surface area contributed by atoms with E-state index in [4.69, 9.17) is 27.9 Å². The molecule has 0 bridgehead atoms. The maximum absolute atomic E-state index is 12.1. The van der Waals surface area contributed by atoms with E-state index in [0.717, 1.165) is 56.9 Å². The number of aryl methyl sites for hydroxylation is 1. The smallest absolute Gasteiger partial charge is 0.308 e. The van der Waals surface area contributed by atoms with E-state index < -0.39 is 10.1 Å². The van der Waals surface area contributed by atoms with Gasteiger partial charge < -0.3 is 23.7 Å². The normalized spacial score (nSPS) is 24.1. The fourth-order valence-corrected chi connectivity index (χ4v) is 5.45. The first-order chi connectivity index (χ1) is 17.8. The molecule has 3 rings (SSSR count). The van der Waals surface area contributed by atoms with Crippen molar-refractivity contribution in [3.8, 4) is 0 Å². The second kappa shape index (κ2) is 17.1. The van der Waals surface area contributed by atoms with Gasteiger partial charge in [-0.25, -0.2) is 0 Å². The van der Waals surface area contributed by atoms with Crippen molar-refractivity contribution in [1.29, 1.82) is 0 Å². The predicted octanol–water partition coefficient (Wildman–Crippen LogP) is 4.61. The maximum Gasteiger partial charge on any atom is 0.308 e. The van der Waals surface area contributed by atoms with Gasteiger partial charge in [-0.2, -0.15) is 8.42 Å². The highest BCUT2D eigenvalue weighted by molar-refractivity contribution is 7.86. The van der Waals surface area contributed by atoms with Crippen molar-refractivity contribution in [2.45, 2.75) is 82.3 Å². The summed E-state index contributed by atoms with van der Waals surface area (Å²) < 4.78 is 55.2. The third kappa shape index (κ3) is 11.8. The molecule has 0 saturated heterocycles. The Kier molecular flexibility index (Phi) is 14.6. The number of hydrogen-bond acceptors (Lipinski definition) is 9. The standard InChI is InChI=1S/C16H24O5S.C11H20O4/c1-13-3-9-16(10-4-13)22(17,18)21-11-14-5-7-15(8-6-14)20-12-19-2;1-3-14-11(12)9-4-6-10(7-5-9)15-8-13-2/h3-4,9-10,14-15H,5-8,11-12H2,1-2H3;9-10H,3-8H2,1-2H3. The Hall–Kier alpha value is -1.56. The van der Waals surface area contributed by atoms with Crippen LogP contribution >= 0.6 is 0 Å². The van der Waals surface area contributed by atoms with Crippen LogP contribution in [0.1, 0.15) is 63.9 Å². The summed E-state index contributed by atoms with van der Waals surface area (Å²) >= 11 is 0. The quantitative estimate of drug-likeness (QED) is 0.212. The van der Waals surface area contributed by atoms with Crippen LogP contribution in [-0.2, 0) is 42.8 Å². The van der Waals surface area contributed by atoms with Crippen LogP contribution in [0, 0.1) is 18.8 Å². The molecule has 1 aromatic rings. The Labute approximate surface area is 222 Å². The van der Waals surface area contributed by atoms with Crippen molar-refractivity contribution < 1.29 is 41.1 Å². The van der Waals surface area contributed by atoms with Gasteiger partial charge in [0, 0.05) is 14.2 Å². The van der Waals surface area contributed by atoms with Gasteiger partial charge in [-0.3, -0.25) is 8.98 Å². The second-order valence-electron chi connectivity index (χ2n) is 9.57. The van der Waals surface area contributed by atoms with Gasteiger partial charge in [0.1, 0.15) is 13.6 Å². The van der Waals surface area contributed by atoms with Crippen LogP contribution in [0.3, 0.4) is 0 Å². The van der Waals surface area contributed by atoms with E-state index in [1.165, 1.54) is 0 Å². The Morgan fingerprint density at radius 2 is 1.35 bits per heavy atom. The van der Waals surface area contributed by atoms with Crippen LogP contribution < -0.4 is 0 Å². The van der Waals surface area contributed by atoms with Crippen molar-refractivity contribution >= 4 is 16.1 Å². The molecule has 0 aliphatic heterocycles. The van der Waals surface area contributed by atoms with Gasteiger partial charge in [0.05, 0.1) is 36.2 Å². The molecule has 0 amide bonds. The maximum atomic E-state index is 12.1. The van der Waals surface area contributed by atoms with Crippen LogP contribution in [-0.4, -0.2) is 67.6 Å². The Morgan fingerprint density at radius 3 is 1.84 bits per heavy atom. The lowest BCUT2D eigenvalue weighted by Crippen LogP contribution is -2.27. The van der Waals surface area contributed by atoms with Crippen molar-refractivity contribution in [2.75, 3.05) is 41.0 Å². The number of carbonyl (C=O) groups is 1. The van der Waals surface area contributed by atoms with Crippen LogP contribution in [0.15, 0.2) is 29.2 Å². The summed E-state index contributed by atoms with van der Waals surface area (Å²) in [6.07, 6.45) is 7.71. The molecule has 212 valence electrons. The zero-order valence-electron chi connectivity index (χ0n) is 22.7. The molecular formula is C27H44O9S. The van der Waals surface area contributed by atoms with E-state index in [-0.39, 0.29) is 41.5 Å². The predicted molar refractivity (Wildman–Crippen MR) is 138 cm³/mol. The lowest BCUT2D eigenvalue weighted by molar-refractivity contribution is -0.151. The zero-order valence-corrected chi connectivity index (χ0v) is 23.5. The highest BCUT2D eigenvalue weighted by Crippen LogP contribution is 2.28. The fourth-order valence-electron chi connectivity index (χ4n) is 4.48. The summed E-state index contributed by atoms with van der Waals surface area (Å²) in [5.41, 5.74) is 1.02. The minimum atomic E-state index is -3.66. The minimum absolute atomic E-state index is 0.0531. The van der Waals surface area contributed by atoms with E-state index in [1.807, 2.05) is 13.8 Å². The van der Waals surface area contributed by atoms with Crippen LogP contribution in [0.25, 0.3) is 0 Å². The Bertz CT molecular complexity index is 856. The molecule has 2 fully saturated rings. The summed E-state index contributed by atoms with van der Waals surface area (Å²) in [5, 5.41) is 0. The fraction of sp³-hybridized carbons (Fsp3) is 0.741. The molecule has 37 heavy (non-hydrogen) atoms. The van der Waals surface area contributed by atoms with Crippen molar-refractivity contribution in [3.63, 3.8) is 0 Å². The molecule has 2 saturated carbocycles. The molecule has 9 nitrogen and oxygen atoms in total. The molecule has 2 aliphatic carbocycles. The molecule has 0 atom stereocenters. The first-order valence-corrected chi connectivity index (χ1v) is 14.5. The zero-order chi connectivity index (χ0) is 27.1. The largest absolute Gasteiger partial charge is 0.466 e. The molecule has 1 aromatic carbocycles. The lowest BCUT2D eigenvalue weighted by Gasteiger charge is -2.27. The van der Waals surface area contributed by atoms with E-state index in [2.05, 4.69) is 0 Å². The number of ether oxygens (including phenoxy) is 5. The van der Waals surface area contributed by atoms with Crippen LogP contribution in [0.2, 0.25) is 0 Å². The van der Waals surface area contributed by atoms with Crippen molar-refractivity contribution in [2.24, 2.45) is 11.8 Å². The second-order valence-corrected chi connectivity index (χ2v) is 11.2. The number of benzene rings is 1. The van der Waals surface area contributed by atoms with Gasteiger partial charge in [-0.1, -0.05) is 17.7 Å². The van der Waals surface area contributed by atoms with Crippen LogP contribution in [0.4, 0.5) is 0 Å². The van der Waals surface area contributed by atoms with Gasteiger partial charge in [0.2, 0.25) is 0 Å². The lowest BCUT2D eigenvalue weighted by atomic mass is 9.87. The third-order valence-corrected chi connectivity index (χ3v) is 8.00. The van der Waals surface area contributed by atoms with Gasteiger partial charge >= 0.3 is 5.97 Å². The van der Waals surface area contributed by atoms with Crippen molar-refractivity contribution in [1.82, 2.24) is 0 Å². The number of hydrogen-bond donors (Lipinski definition) is 0. The number of esters is 1. The first-order valence-electron chi connectivity index (χ1n) is 13.1. The van der Waals surface area contributed by atoms with E-state index in [0.29, 0.717) is 20.2 Å². The molecule has 0 spiro atoms. The summed E-state index contributed by atoms with van der Waals surface area (Å²) in [7, 11) is -0.433. The molecule has 2 aliphatic rings. The Morgan fingerprint density at radius 1 is 0.838 bits per heavy atom. The Balaban J connectivity index is 0.000000281. The highest BCUT2D eigenvalue weighted by Gasteiger charge is 2.27. The summed E-state index contributed by atoms with van der Waals surface area (Å²) in [6, 6.07) is 6.71. The SMILES string of the molecule is CCOC(=O)C1CCC(OCOC)CC1.COCOC1CCC(COS(=O)(=O)c2ccc(C)cc2)CC1. The van der Waals surface area contributed by atoms with E-state index in [1.54, 1.807) is 38.5 Å². The van der Waals surface area contributed by atoms with Gasteiger partial charge in [0.15, 0.2) is 0 Å². The number of rotatable bonds is 12. The van der Waals surface area contributed by atoms with E-state index >= 15 is 0 Å². The molecule has 0 N–H and O–H groups in total. The average molecular weight is 545 g/mol. The van der Waals surface area contributed by atoms with Crippen molar-refractivity contribution in [3.05, 3.63) is 29.8 Å². The van der Waals surface area contributed by atoms with Gasteiger partial charge in [-0.15, -0.1) is 0 Å². The summed E-state index contributed by atoms with van der Waals surface area (Å²) in [5.74, 6) is 0.289. The highest BCUT2D eigenvalue weighted by atomic mass is 32.2. The summed E-state index contributed by atoms with van der Waals surface area (Å²) in [4.78, 5) is 11.6.